The summed E-state index contributed by atoms with van der Waals surface area (Å²) in [4.78, 5) is 0.0304. The van der Waals surface area contributed by atoms with Gasteiger partial charge in [-0.15, -0.1) is 0 Å². The quantitative estimate of drug-likeness (QED) is 0.841. The second-order valence-corrected chi connectivity index (χ2v) is 8.68. The first kappa shape index (κ1) is 15.5. The molecule has 0 aromatic heterocycles. The number of halogens is 1. The van der Waals surface area contributed by atoms with E-state index in [4.69, 9.17) is 4.74 Å². The summed E-state index contributed by atoms with van der Waals surface area (Å²) in [5.74, 6) is 0.246. The van der Waals surface area contributed by atoms with Crippen LogP contribution in [0.3, 0.4) is 0 Å². The molecule has 1 atom stereocenters. The largest absolute Gasteiger partial charge is 0.496 e. The number of rotatable bonds is 4. The molecule has 0 saturated carbocycles. The minimum Gasteiger partial charge on any atom is -0.496 e. The number of hydrogen-bond donors (Lipinski definition) is 1. The van der Waals surface area contributed by atoms with Crippen molar-refractivity contribution in [1.29, 1.82) is 0 Å². The molecule has 1 heterocycles. The number of hydrogen-bond acceptors (Lipinski definition) is 5. The van der Waals surface area contributed by atoms with Crippen molar-refractivity contribution >= 4 is 35.8 Å². The van der Waals surface area contributed by atoms with E-state index in [1.165, 1.54) is 31.4 Å². The van der Waals surface area contributed by atoms with Gasteiger partial charge in [-0.3, -0.25) is 0 Å². The van der Waals surface area contributed by atoms with Crippen LogP contribution in [0.2, 0.25) is 0 Å². The number of nitrogens with one attached hydrogen (secondary N) is 1. The Morgan fingerprint density at radius 3 is 2.60 bits per heavy atom. The van der Waals surface area contributed by atoms with Gasteiger partial charge in [-0.25, -0.2) is 21.6 Å². The molecule has 0 saturated heterocycles. The fourth-order valence-corrected chi connectivity index (χ4v) is 4.98. The molecule has 1 N–H and O–H groups in total. The minimum atomic E-state index is -3.79. The lowest BCUT2D eigenvalue weighted by Crippen LogP contribution is -2.35. The van der Waals surface area contributed by atoms with Gasteiger partial charge in [0.1, 0.15) is 5.75 Å². The SMILES string of the molecule is COc1ccc(S(=O)(=O)NC2C=CS(=O)(=O)C2)cc1Br. The zero-order valence-corrected chi connectivity index (χ0v) is 13.6. The van der Waals surface area contributed by atoms with Crippen molar-refractivity contribution in [2.45, 2.75) is 10.9 Å². The van der Waals surface area contributed by atoms with Crippen molar-refractivity contribution in [3.63, 3.8) is 0 Å². The molecule has 1 aromatic rings. The number of sulfonamides is 1. The zero-order chi connectivity index (χ0) is 15.0. The highest BCUT2D eigenvalue weighted by atomic mass is 79.9. The van der Waals surface area contributed by atoms with Crippen LogP contribution < -0.4 is 9.46 Å². The summed E-state index contributed by atoms with van der Waals surface area (Å²) in [6, 6.07) is 3.55. The normalized spacial score (nSPS) is 21.0. The van der Waals surface area contributed by atoms with Crippen LogP contribution in [0, 0.1) is 0 Å². The molecule has 0 spiro atoms. The molecular formula is C11H12BrNO5S2. The summed E-state index contributed by atoms with van der Waals surface area (Å²) in [7, 11) is -5.63. The van der Waals surface area contributed by atoms with Crippen LogP contribution in [0.25, 0.3) is 0 Å². The molecule has 0 amide bonds. The molecule has 6 nitrogen and oxygen atoms in total. The van der Waals surface area contributed by atoms with E-state index in [9.17, 15) is 16.8 Å². The van der Waals surface area contributed by atoms with Crippen LogP contribution in [-0.4, -0.2) is 35.7 Å². The van der Waals surface area contributed by atoms with Gasteiger partial charge in [0.05, 0.1) is 28.3 Å². The third-order valence-electron chi connectivity index (χ3n) is 2.67. The second kappa shape index (κ2) is 5.47. The van der Waals surface area contributed by atoms with Crippen molar-refractivity contribution in [1.82, 2.24) is 4.72 Å². The van der Waals surface area contributed by atoms with Crippen LogP contribution in [0.5, 0.6) is 5.75 Å². The Labute approximate surface area is 125 Å². The van der Waals surface area contributed by atoms with Crippen LogP contribution in [-0.2, 0) is 19.9 Å². The molecule has 20 heavy (non-hydrogen) atoms. The van der Waals surface area contributed by atoms with Crippen molar-refractivity contribution in [3.8, 4) is 5.75 Å². The van der Waals surface area contributed by atoms with Gasteiger partial charge in [0, 0.05) is 5.41 Å². The van der Waals surface area contributed by atoms with Gasteiger partial charge in [0.25, 0.3) is 0 Å². The van der Waals surface area contributed by atoms with E-state index in [1.807, 2.05) is 0 Å². The Bertz CT molecular complexity index is 755. The first-order valence-corrected chi connectivity index (χ1v) is 9.49. The van der Waals surface area contributed by atoms with Crippen molar-refractivity contribution in [2.75, 3.05) is 12.9 Å². The fraction of sp³-hybridized carbons (Fsp3) is 0.273. The predicted octanol–water partition coefficient (Wildman–Crippen LogP) is 1.05. The average molecular weight is 382 g/mol. The van der Waals surface area contributed by atoms with E-state index in [0.717, 1.165) is 5.41 Å². The van der Waals surface area contributed by atoms with Crippen molar-refractivity contribution in [2.24, 2.45) is 0 Å². The van der Waals surface area contributed by atoms with E-state index in [2.05, 4.69) is 20.7 Å². The highest BCUT2D eigenvalue weighted by Gasteiger charge is 2.27. The van der Waals surface area contributed by atoms with Gasteiger partial charge in [-0.2, -0.15) is 0 Å². The van der Waals surface area contributed by atoms with E-state index in [1.54, 1.807) is 0 Å². The highest BCUT2D eigenvalue weighted by molar-refractivity contribution is 9.10. The average Bonchev–Trinajstić information content (AvgIpc) is 2.67. The monoisotopic (exact) mass is 381 g/mol. The smallest absolute Gasteiger partial charge is 0.241 e. The molecule has 0 aliphatic carbocycles. The predicted molar refractivity (Wildman–Crippen MR) is 77.7 cm³/mol. The molecule has 1 aromatic carbocycles. The van der Waals surface area contributed by atoms with E-state index < -0.39 is 25.9 Å². The summed E-state index contributed by atoms with van der Waals surface area (Å²) < 4.78 is 54.7. The molecule has 0 radical (unpaired) electrons. The van der Waals surface area contributed by atoms with Crippen LogP contribution in [0.15, 0.2) is 39.1 Å². The number of sulfone groups is 1. The van der Waals surface area contributed by atoms with Gasteiger partial charge < -0.3 is 4.74 Å². The highest BCUT2D eigenvalue weighted by Crippen LogP contribution is 2.27. The zero-order valence-electron chi connectivity index (χ0n) is 10.4. The van der Waals surface area contributed by atoms with E-state index in [-0.39, 0.29) is 10.6 Å². The van der Waals surface area contributed by atoms with Crippen molar-refractivity contribution < 1.29 is 21.6 Å². The molecule has 0 bridgehead atoms. The molecule has 0 fully saturated rings. The van der Waals surface area contributed by atoms with Crippen LogP contribution in [0.1, 0.15) is 0 Å². The lowest BCUT2D eigenvalue weighted by molar-refractivity contribution is 0.411. The lowest BCUT2D eigenvalue weighted by Gasteiger charge is -2.12. The first-order chi connectivity index (χ1) is 9.23. The van der Waals surface area contributed by atoms with Gasteiger partial charge in [-0.1, -0.05) is 6.08 Å². The fourth-order valence-electron chi connectivity index (χ4n) is 1.73. The molecule has 9 heteroatoms. The Hall–Kier alpha value is -0.900. The second-order valence-electron chi connectivity index (χ2n) is 4.18. The topological polar surface area (TPSA) is 89.5 Å². The first-order valence-electron chi connectivity index (χ1n) is 5.50. The summed E-state index contributed by atoms with van der Waals surface area (Å²) in [6.07, 6.45) is 1.32. The number of benzene rings is 1. The summed E-state index contributed by atoms with van der Waals surface area (Å²) >= 11 is 3.20. The Balaban J connectivity index is 2.23. The van der Waals surface area contributed by atoms with E-state index in [0.29, 0.717) is 10.2 Å². The molecule has 110 valence electrons. The van der Waals surface area contributed by atoms with Gasteiger partial charge in [0.15, 0.2) is 9.84 Å². The number of ether oxygens (including phenoxy) is 1. The van der Waals surface area contributed by atoms with Crippen molar-refractivity contribution in [3.05, 3.63) is 34.2 Å². The minimum absolute atomic E-state index is 0.0304. The van der Waals surface area contributed by atoms with Gasteiger partial charge >= 0.3 is 0 Å². The number of methoxy groups -OCH3 is 1. The van der Waals surface area contributed by atoms with Gasteiger partial charge in [-0.05, 0) is 34.1 Å². The van der Waals surface area contributed by atoms with Gasteiger partial charge in [0.2, 0.25) is 10.0 Å². The maximum Gasteiger partial charge on any atom is 0.241 e. The summed E-state index contributed by atoms with van der Waals surface area (Å²) in [6.45, 7) is 0. The molecular weight excluding hydrogens is 370 g/mol. The summed E-state index contributed by atoms with van der Waals surface area (Å²) in [5, 5.41) is 1.02. The maximum atomic E-state index is 12.1. The standard InChI is InChI=1S/C11H12BrNO5S2/c1-18-11-3-2-9(6-10(11)12)20(16,17)13-8-4-5-19(14,15)7-8/h2-6,8,13H,7H2,1H3. The Morgan fingerprint density at radius 2 is 2.10 bits per heavy atom. The Morgan fingerprint density at radius 1 is 1.40 bits per heavy atom. The molecule has 1 aliphatic heterocycles. The molecule has 2 rings (SSSR count). The third-order valence-corrected chi connectivity index (χ3v) is 6.17. The lowest BCUT2D eigenvalue weighted by atomic mass is 10.3. The summed E-state index contributed by atoms with van der Waals surface area (Å²) in [5.41, 5.74) is 0. The van der Waals surface area contributed by atoms with E-state index >= 15 is 0 Å². The molecule has 1 unspecified atom stereocenters. The van der Waals surface area contributed by atoms with Crippen LogP contribution in [0.4, 0.5) is 0 Å². The third kappa shape index (κ3) is 3.40. The maximum absolute atomic E-state index is 12.1. The Kier molecular flexibility index (Phi) is 4.24. The molecule has 1 aliphatic rings. The van der Waals surface area contributed by atoms with Crippen LogP contribution >= 0.6 is 15.9 Å².